The molecule has 30 heavy (non-hydrogen) atoms. The summed E-state index contributed by atoms with van der Waals surface area (Å²) in [5.41, 5.74) is 1.24. The molecule has 5 nitrogen and oxygen atoms in total. The van der Waals surface area contributed by atoms with Gasteiger partial charge >= 0.3 is 0 Å². The third kappa shape index (κ3) is 8.02. The predicted octanol–water partition coefficient (Wildman–Crippen LogP) is 5.51. The van der Waals surface area contributed by atoms with Crippen molar-refractivity contribution in [2.75, 3.05) is 29.4 Å². The van der Waals surface area contributed by atoms with Gasteiger partial charge in [0.2, 0.25) is 15.9 Å². The molecule has 0 aliphatic carbocycles. The van der Waals surface area contributed by atoms with Crippen LogP contribution >= 0.6 is 58.2 Å². The van der Waals surface area contributed by atoms with Crippen LogP contribution in [0.5, 0.6) is 0 Å². The van der Waals surface area contributed by atoms with Crippen LogP contribution < -0.4 is 9.62 Å². The lowest BCUT2D eigenvalue weighted by atomic mass is 10.2. The fraction of sp³-hybridized carbons (Fsp3) is 0.316. The number of nitrogens with zero attached hydrogens (tertiary/aromatic N) is 1. The highest BCUT2D eigenvalue weighted by Crippen LogP contribution is 2.35. The highest BCUT2D eigenvalue weighted by atomic mass is 35.5. The van der Waals surface area contributed by atoms with Crippen molar-refractivity contribution < 1.29 is 13.2 Å². The summed E-state index contributed by atoms with van der Waals surface area (Å²) in [6, 6.07) is 10.3. The minimum atomic E-state index is -3.77. The summed E-state index contributed by atoms with van der Waals surface area (Å²) >= 11 is 25.7. The van der Waals surface area contributed by atoms with E-state index >= 15 is 0 Å². The summed E-state index contributed by atoms with van der Waals surface area (Å²) in [5.74, 6) is 1.22. The first-order chi connectivity index (χ1) is 14.1. The van der Waals surface area contributed by atoms with Crippen molar-refractivity contribution >= 4 is 79.8 Å². The Kier molecular flexibility index (Phi) is 9.91. The Bertz CT molecular complexity index is 1000. The Morgan fingerprint density at radius 2 is 1.77 bits per heavy atom. The van der Waals surface area contributed by atoms with E-state index in [9.17, 15) is 13.2 Å². The SMILES string of the molecule is CS(=O)(=O)N(CC(=O)NCCCSCc1cccc(Cl)c1)c1cc(Cl)c(Cl)cc1Cl. The summed E-state index contributed by atoms with van der Waals surface area (Å²) in [5, 5.41) is 3.85. The molecule has 2 aromatic rings. The van der Waals surface area contributed by atoms with E-state index in [2.05, 4.69) is 5.32 Å². The fourth-order valence-electron chi connectivity index (χ4n) is 2.49. The molecule has 11 heteroatoms. The molecule has 0 fully saturated rings. The van der Waals surface area contributed by atoms with Crippen LogP contribution in [0.3, 0.4) is 0 Å². The van der Waals surface area contributed by atoms with Gasteiger partial charge in [-0.05, 0) is 42.0 Å². The molecule has 0 aliphatic rings. The Hall–Kier alpha value is -0.830. The molecule has 1 amide bonds. The van der Waals surface area contributed by atoms with Crippen molar-refractivity contribution in [1.82, 2.24) is 5.32 Å². The van der Waals surface area contributed by atoms with Crippen LogP contribution in [0.1, 0.15) is 12.0 Å². The maximum Gasteiger partial charge on any atom is 0.240 e. The maximum absolute atomic E-state index is 12.3. The number of amides is 1. The van der Waals surface area contributed by atoms with Gasteiger partial charge in [-0.1, -0.05) is 58.5 Å². The number of anilines is 1. The van der Waals surface area contributed by atoms with Crippen molar-refractivity contribution in [3.05, 3.63) is 62.1 Å². The largest absolute Gasteiger partial charge is 0.354 e. The van der Waals surface area contributed by atoms with E-state index in [1.54, 1.807) is 11.8 Å². The highest BCUT2D eigenvalue weighted by Gasteiger charge is 2.24. The predicted molar refractivity (Wildman–Crippen MR) is 129 cm³/mol. The van der Waals surface area contributed by atoms with E-state index < -0.39 is 22.5 Å². The van der Waals surface area contributed by atoms with E-state index in [-0.39, 0.29) is 20.8 Å². The zero-order valence-corrected chi connectivity index (χ0v) is 20.7. The van der Waals surface area contributed by atoms with Gasteiger partial charge in [-0.15, -0.1) is 0 Å². The zero-order chi connectivity index (χ0) is 22.3. The Morgan fingerprint density at radius 1 is 1.07 bits per heavy atom. The van der Waals surface area contributed by atoms with Crippen molar-refractivity contribution in [3.63, 3.8) is 0 Å². The fourth-order valence-corrected chi connectivity index (χ4v) is 5.16. The first-order valence-electron chi connectivity index (χ1n) is 8.79. The van der Waals surface area contributed by atoms with E-state index in [1.165, 1.54) is 12.1 Å². The molecular weight excluding hydrogens is 510 g/mol. The third-order valence-corrected chi connectivity index (χ3v) is 7.39. The van der Waals surface area contributed by atoms with E-state index in [4.69, 9.17) is 46.4 Å². The quantitative estimate of drug-likeness (QED) is 0.325. The summed E-state index contributed by atoms with van der Waals surface area (Å²) in [4.78, 5) is 12.3. The first-order valence-corrected chi connectivity index (χ1v) is 13.3. The van der Waals surface area contributed by atoms with E-state index in [0.717, 1.165) is 34.1 Å². The normalized spacial score (nSPS) is 11.4. The number of thioether (sulfide) groups is 1. The van der Waals surface area contributed by atoms with Gasteiger partial charge in [0.25, 0.3) is 0 Å². The lowest BCUT2D eigenvalue weighted by molar-refractivity contribution is -0.119. The molecular formula is C19H20Cl4N2O3S2. The number of sulfonamides is 1. The van der Waals surface area contributed by atoms with Crippen molar-refractivity contribution in [2.24, 2.45) is 0 Å². The molecule has 1 N–H and O–H groups in total. The van der Waals surface area contributed by atoms with Crippen LogP contribution in [-0.4, -0.2) is 39.4 Å². The lowest BCUT2D eigenvalue weighted by Gasteiger charge is -2.23. The summed E-state index contributed by atoms with van der Waals surface area (Å²) in [7, 11) is -3.77. The number of benzene rings is 2. The van der Waals surface area contributed by atoms with Crippen molar-refractivity contribution in [2.45, 2.75) is 12.2 Å². The van der Waals surface area contributed by atoms with Crippen LogP contribution in [0.15, 0.2) is 36.4 Å². The lowest BCUT2D eigenvalue weighted by Crippen LogP contribution is -2.40. The minimum Gasteiger partial charge on any atom is -0.354 e. The van der Waals surface area contributed by atoms with Gasteiger partial charge in [-0.3, -0.25) is 9.10 Å². The molecule has 0 unspecified atom stereocenters. The molecule has 0 atom stereocenters. The second-order valence-electron chi connectivity index (χ2n) is 6.37. The average Bonchev–Trinajstić information content (AvgIpc) is 2.65. The molecule has 0 spiro atoms. The number of nitrogens with one attached hydrogen (secondary N) is 1. The Balaban J connectivity index is 1.84. The van der Waals surface area contributed by atoms with Gasteiger partial charge in [0.05, 0.1) is 27.0 Å². The summed E-state index contributed by atoms with van der Waals surface area (Å²) < 4.78 is 25.3. The average molecular weight is 530 g/mol. The summed E-state index contributed by atoms with van der Waals surface area (Å²) in [6.07, 6.45) is 1.73. The van der Waals surface area contributed by atoms with Crippen molar-refractivity contribution in [3.8, 4) is 0 Å². The zero-order valence-electron chi connectivity index (χ0n) is 16.0. The van der Waals surface area contributed by atoms with Crippen LogP contribution in [0.25, 0.3) is 0 Å². The standard InChI is InChI=1S/C19H20Cl4N2O3S2/c1-30(27,28)25(18-10-16(22)15(21)9-17(18)23)11-19(26)24-6-3-7-29-12-13-4-2-5-14(20)8-13/h2,4-5,8-10H,3,6-7,11-12H2,1H3,(H,24,26). The molecule has 2 aromatic carbocycles. The second kappa shape index (κ2) is 11.7. The van der Waals surface area contributed by atoms with Gasteiger partial charge in [-0.25, -0.2) is 8.42 Å². The molecule has 0 aliphatic heterocycles. The topological polar surface area (TPSA) is 66.5 Å². The van der Waals surface area contributed by atoms with Crippen LogP contribution in [0, 0.1) is 0 Å². The molecule has 164 valence electrons. The number of hydrogen-bond donors (Lipinski definition) is 1. The molecule has 0 saturated carbocycles. The number of carbonyl (C=O) groups is 1. The van der Waals surface area contributed by atoms with Gasteiger partial charge < -0.3 is 5.32 Å². The Labute approximate surface area is 201 Å². The number of carbonyl (C=O) groups excluding carboxylic acids is 1. The monoisotopic (exact) mass is 528 g/mol. The minimum absolute atomic E-state index is 0.0834. The van der Waals surface area contributed by atoms with E-state index in [1.807, 2.05) is 24.3 Å². The van der Waals surface area contributed by atoms with Crippen LogP contribution in [0.2, 0.25) is 20.1 Å². The van der Waals surface area contributed by atoms with Crippen LogP contribution in [0.4, 0.5) is 5.69 Å². The molecule has 0 saturated heterocycles. The number of hydrogen-bond acceptors (Lipinski definition) is 4. The van der Waals surface area contributed by atoms with Gasteiger partial charge in [0.1, 0.15) is 6.54 Å². The second-order valence-corrected chi connectivity index (χ2v) is 11.0. The van der Waals surface area contributed by atoms with Gasteiger partial charge in [0.15, 0.2) is 0 Å². The summed E-state index contributed by atoms with van der Waals surface area (Å²) in [6.45, 7) is 0.0141. The Morgan fingerprint density at radius 3 is 2.43 bits per heavy atom. The van der Waals surface area contributed by atoms with Gasteiger partial charge in [-0.2, -0.15) is 11.8 Å². The molecule has 0 bridgehead atoms. The third-order valence-electron chi connectivity index (χ3n) is 3.89. The molecule has 0 aromatic heterocycles. The molecule has 2 rings (SSSR count). The van der Waals surface area contributed by atoms with Crippen LogP contribution in [-0.2, 0) is 20.6 Å². The van der Waals surface area contributed by atoms with Gasteiger partial charge in [0, 0.05) is 17.3 Å². The first kappa shape index (κ1) is 25.4. The number of halogens is 4. The molecule has 0 heterocycles. The van der Waals surface area contributed by atoms with Crippen molar-refractivity contribution in [1.29, 1.82) is 0 Å². The molecule has 0 radical (unpaired) electrons. The highest BCUT2D eigenvalue weighted by molar-refractivity contribution is 7.98. The number of rotatable bonds is 10. The maximum atomic E-state index is 12.3. The smallest absolute Gasteiger partial charge is 0.240 e. The van der Waals surface area contributed by atoms with E-state index in [0.29, 0.717) is 11.6 Å².